The molecular weight excluding hydrogens is 399 g/mol. The molecule has 1 N–H and O–H groups in total. The van der Waals surface area contributed by atoms with Crippen molar-refractivity contribution in [3.05, 3.63) is 69.7 Å². The fourth-order valence-electron chi connectivity index (χ4n) is 3.24. The van der Waals surface area contributed by atoms with Crippen LogP contribution in [0.1, 0.15) is 33.6 Å². The number of nitrogens with zero attached hydrogens (tertiary/aromatic N) is 1. The topological polar surface area (TPSA) is 66.5 Å². The number of benzene rings is 2. The van der Waals surface area contributed by atoms with Gasteiger partial charge in [0, 0.05) is 30.1 Å². The lowest BCUT2D eigenvalue weighted by Crippen LogP contribution is -2.45. The monoisotopic (exact) mass is 418 g/mol. The molecule has 2 aromatic carbocycles. The van der Waals surface area contributed by atoms with E-state index in [2.05, 4.69) is 5.32 Å². The molecule has 7 heteroatoms. The van der Waals surface area contributed by atoms with Crippen molar-refractivity contribution < 1.29 is 14.4 Å². The van der Waals surface area contributed by atoms with E-state index in [-0.39, 0.29) is 35.1 Å². The molecule has 0 radical (unpaired) electrons. The summed E-state index contributed by atoms with van der Waals surface area (Å²) in [5.41, 5.74) is 1.05. The van der Waals surface area contributed by atoms with Crippen LogP contribution >= 0.6 is 23.2 Å². The molecular formula is C21H20Cl2N2O3. The predicted octanol–water partition coefficient (Wildman–Crippen LogP) is 3.84. The van der Waals surface area contributed by atoms with E-state index in [1.807, 2.05) is 30.3 Å². The summed E-state index contributed by atoms with van der Waals surface area (Å²) in [6.45, 7) is 0.909. The second-order valence-electron chi connectivity index (χ2n) is 6.70. The van der Waals surface area contributed by atoms with Crippen molar-refractivity contribution in [3.63, 3.8) is 0 Å². The van der Waals surface area contributed by atoms with E-state index in [0.717, 1.165) is 0 Å². The molecule has 0 aromatic heterocycles. The van der Waals surface area contributed by atoms with Crippen molar-refractivity contribution in [1.29, 1.82) is 0 Å². The summed E-state index contributed by atoms with van der Waals surface area (Å²) in [4.78, 5) is 38.7. The zero-order chi connectivity index (χ0) is 20.1. The molecule has 1 fully saturated rings. The highest BCUT2D eigenvalue weighted by Gasteiger charge is 2.27. The van der Waals surface area contributed by atoms with E-state index in [9.17, 15) is 14.4 Å². The smallest absolute Gasteiger partial charge is 0.251 e. The minimum Gasteiger partial charge on any atom is -0.343 e. The normalized spacial score (nSPS) is 14.6. The Morgan fingerprint density at radius 2 is 1.61 bits per heavy atom. The molecule has 1 aliphatic heterocycles. The van der Waals surface area contributed by atoms with Gasteiger partial charge in [0.25, 0.3) is 5.91 Å². The fraction of sp³-hybridized carbons (Fsp3) is 0.286. The summed E-state index contributed by atoms with van der Waals surface area (Å²) < 4.78 is 0. The Morgan fingerprint density at radius 1 is 0.929 bits per heavy atom. The lowest BCUT2D eigenvalue weighted by molar-refractivity contribution is -0.131. The zero-order valence-corrected chi connectivity index (χ0v) is 16.7. The number of rotatable bonds is 5. The molecule has 1 heterocycles. The molecule has 0 atom stereocenters. The number of carbonyl (C=O) groups is 3. The van der Waals surface area contributed by atoms with Gasteiger partial charge in [0.2, 0.25) is 5.91 Å². The van der Waals surface area contributed by atoms with Crippen molar-refractivity contribution in [2.45, 2.75) is 12.8 Å². The van der Waals surface area contributed by atoms with E-state index >= 15 is 0 Å². The summed E-state index contributed by atoms with van der Waals surface area (Å²) in [6.07, 6.45) is 1.25. The Hall–Kier alpha value is -2.37. The molecule has 146 valence electrons. The molecule has 5 nitrogen and oxygen atoms in total. The first-order chi connectivity index (χ1) is 13.5. The van der Waals surface area contributed by atoms with Crippen molar-refractivity contribution in [1.82, 2.24) is 10.2 Å². The number of amides is 2. The fourth-order valence-corrected chi connectivity index (χ4v) is 3.53. The maximum Gasteiger partial charge on any atom is 0.251 e. The first-order valence-electron chi connectivity index (χ1n) is 9.06. The van der Waals surface area contributed by atoms with Crippen LogP contribution in [0, 0.1) is 5.92 Å². The number of hydrogen-bond donors (Lipinski definition) is 1. The molecule has 0 unspecified atom stereocenters. The molecule has 0 bridgehead atoms. The van der Waals surface area contributed by atoms with Gasteiger partial charge < -0.3 is 10.2 Å². The van der Waals surface area contributed by atoms with Gasteiger partial charge in [0.1, 0.15) is 0 Å². The molecule has 0 spiro atoms. The number of carbonyl (C=O) groups excluding carboxylic acids is 3. The van der Waals surface area contributed by atoms with Gasteiger partial charge in [-0.25, -0.2) is 0 Å². The largest absolute Gasteiger partial charge is 0.343 e. The van der Waals surface area contributed by atoms with Crippen LogP contribution in [0.5, 0.6) is 0 Å². The molecule has 0 saturated carbocycles. The van der Waals surface area contributed by atoms with E-state index in [0.29, 0.717) is 42.1 Å². The molecule has 28 heavy (non-hydrogen) atoms. The first-order valence-corrected chi connectivity index (χ1v) is 9.81. The van der Waals surface area contributed by atoms with Crippen molar-refractivity contribution in [2.24, 2.45) is 5.92 Å². The third-order valence-electron chi connectivity index (χ3n) is 4.86. The summed E-state index contributed by atoms with van der Waals surface area (Å²) >= 11 is 11.8. The standard InChI is InChI=1S/C21H20Cl2N2O3/c22-17-7-6-16(12-18(17)23)21(28)24-13-19(26)25-10-8-15(9-11-25)20(27)14-4-2-1-3-5-14/h1-7,12,15H,8-11,13H2,(H,24,28). The number of piperidine rings is 1. The van der Waals surface area contributed by atoms with E-state index < -0.39 is 0 Å². The SMILES string of the molecule is O=C(NCC(=O)N1CCC(C(=O)c2ccccc2)CC1)c1ccc(Cl)c(Cl)c1. The molecule has 0 aliphatic carbocycles. The van der Waals surface area contributed by atoms with Crippen LogP contribution in [0.2, 0.25) is 10.0 Å². The van der Waals surface area contributed by atoms with E-state index in [1.54, 1.807) is 11.0 Å². The Labute approximate surface area is 173 Å². The van der Waals surface area contributed by atoms with E-state index in [4.69, 9.17) is 23.2 Å². The van der Waals surface area contributed by atoms with Gasteiger partial charge in [-0.05, 0) is 31.0 Å². The molecule has 3 rings (SSSR count). The highest BCUT2D eigenvalue weighted by Crippen LogP contribution is 2.23. The minimum absolute atomic E-state index is 0.0720. The quantitative estimate of drug-likeness (QED) is 0.749. The average molecular weight is 419 g/mol. The highest BCUT2D eigenvalue weighted by molar-refractivity contribution is 6.42. The van der Waals surface area contributed by atoms with Crippen LogP contribution in [0.3, 0.4) is 0 Å². The third kappa shape index (κ3) is 4.91. The Kier molecular flexibility index (Phi) is 6.70. The minimum atomic E-state index is -0.388. The Bertz CT molecular complexity index is 878. The van der Waals surface area contributed by atoms with Crippen LogP contribution in [-0.4, -0.2) is 42.1 Å². The van der Waals surface area contributed by atoms with Crippen LogP contribution in [0.15, 0.2) is 48.5 Å². The lowest BCUT2D eigenvalue weighted by atomic mass is 9.89. The molecule has 2 amide bonds. The highest BCUT2D eigenvalue weighted by atomic mass is 35.5. The second-order valence-corrected chi connectivity index (χ2v) is 7.51. The third-order valence-corrected chi connectivity index (χ3v) is 5.60. The van der Waals surface area contributed by atoms with E-state index in [1.165, 1.54) is 12.1 Å². The van der Waals surface area contributed by atoms with Gasteiger partial charge in [-0.3, -0.25) is 14.4 Å². The maximum absolute atomic E-state index is 12.5. The summed E-state index contributed by atoms with van der Waals surface area (Å²) in [6, 6.07) is 13.8. The number of ketones is 1. The molecule has 1 aliphatic rings. The first kappa shape index (κ1) is 20.4. The van der Waals surface area contributed by atoms with Gasteiger partial charge >= 0.3 is 0 Å². The number of nitrogens with one attached hydrogen (secondary N) is 1. The summed E-state index contributed by atoms with van der Waals surface area (Å²) in [7, 11) is 0. The number of Topliss-reactive ketones (excluding diaryl/α,β-unsaturated/α-hetero) is 1. The van der Waals surface area contributed by atoms with Gasteiger partial charge in [-0.2, -0.15) is 0 Å². The van der Waals surface area contributed by atoms with Gasteiger partial charge in [0.15, 0.2) is 5.78 Å². The van der Waals surface area contributed by atoms with Gasteiger partial charge in [0.05, 0.1) is 16.6 Å². The van der Waals surface area contributed by atoms with Crippen molar-refractivity contribution >= 4 is 40.8 Å². The predicted molar refractivity (Wildman–Crippen MR) is 109 cm³/mol. The van der Waals surface area contributed by atoms with Gasteiger partial charge in [-0.1, -0.05) is 53.5 Å². The number of likely N-dealkylation sites (tertiary alicyclic amines) is 1. The maximum atomic E-state index is 12.5. The van der Waals surface area contributed by atoms with Crippen LogP contribution in [0.4, 0.5) is 0 Å². The lowest BCUT2D eigenvalue weighted by Gasteiger charge is -2.31. The van der Waals surface area contributed by atoms with Crippen molar-refractivity contribution in [2.75, 3.05) is 19.6 Å². The molecule has 2 aromatic rings. The second kappa shape index (κ2) is 9.22. The van der Waals surface area contributed by atoms with Crippen LogP contribution < -0.4 is 5.32 Å². The number of hydrogen-bond acceptors (Lipinski definition) is 3. The summed E-state index contributed by atoms with van der Waals surface area (Å²) in [5, 5.41) is 3.25. The number of halogens is 2. The Balaban J connectivity index is 1.48. The zero-order valence-electron chi connectivity index (χ0n) is 15.2. The van der Waals surface area contributed by atoms with Gasteiger partial charge in [-0.15, -0.1) is 0 Å². The molecule has 1 saturated heterocycles. The van der Waals surface area contributed by atoms with Crippen LogP contribution in [-0.2, 0) is 4.79 Å². The van der Waals surface area contributed by atoms with Crippen LogP contribution in [0.25, 0.3) is 0 Å². The Morgan fingerprint density at radius 3 is 2.25 bits per heavy atom. The average Bonchev–Trinajstić information content (AvgIpc) is 2.74. The summed E-state index contributed by atoms with van der Waals surface area (Å²) in [5.74, 6) is -0.502. The van der Waals surface area contributed by atoms with Crippen molar-refractivity contribution in [3.8, 4) is 0 Å².